The number of oxazole rings is 1. The van der Waals surface area contributed by atoms with Crippen LogP contribution in [0.4, 0.5) is 5.69 Å². The fourth-order valence-electron chi connectivity index (χ4n) is 6.70. The number of carbonyl (C=O) groups is 3. The molecule has 0 saturated heterocycles. The number of fused-ring (bicyclic) bond motifs is 5. The molecule has 1 aromatic carbocycles. The summed E-state index contributed by atoms with van der Waals surface area (Å²) in [4.78, 5) is 52.0. The summed E-state index contributed by atoms with van der Waals surface area (Å²) in [7, 11) is 6.90. The molecule has 0 saturated carbocycles. The predicted octanol–water partition coefficient (Wildman–Crippen LogP) is 1.68. The highest BCUT2D eigenvalue weighted by Crippen LogP contribution is 2.53. The van der Waals surface area contributed by atoms with E-state index in [1.807, 2.05) is 25.1 Å². The SMILES string of the molecule is CN(C)c1cc2nc(-c3ccncc3)oc2c2c1C[C@H]1C[C@H]3[C@H](N(C)C)C(O)=C(C(N)=O)C(=O)[C@@]3(O)C(O)=C1C2=O. The summed E-state index contributed by atoms with van der Waals surface area (Å²) in [5, 5.41) is 34.4. The molecule has 0 bridgehead atoms. The molecular formula is C29H29N5O7. The van der Waals surface area contributed by atoms with Crippen molar-refractivity contribution in [2.45, 2.75) is 24.5 Å². The third-order valence-electron chi connectivity index (χ3n) is 8.49. The van der Waals surface area contributed by atoms with Crippen molar-refractivity contribution in [1.82, 2.24) is 14.9 Å². The first-order chi connectivity index (χ1) is 19.4. The minimum atomic E-state index is -2.65. The van der Waals surface area contributed by atoms with Gasteiger partial charge in [0.15, 0.2) is 17.0 Å². The van der Waals surface area contributed by atoms with Gasteiger partial charge in [0.05, 0.1) is 11.6 Å². The van der Waals surface area contributed by atoms with E-state index in [-0.39, 0.29) is 35.5 Å². The second-order valence-corrected chi connectivity index (χ2v) is 11.2. The lowest BCUT2D eigenvalue weighted by molar-refractivity contribution is -0.148. The number of nitrogens with zero attached hydrogens (tertiary/aromatic N) is 4. The molecule has 0 radical (unpaired) electrons. The van der Waals surface area contributed by atoms with Crippen LogP contribution in [0.3, 0.4) is 0 Å². The van der Waals surface area contributed by atoms with Gasteiger partial charge in [-0.3, -0.25) is 24.3 Å². The fraction of sp³-hybridized carbons (Fsp3) is 0.345. The number of pyridine rings is 1. The number of nitrogens with two attached hydrogens (primary N) is 1. The largest absolute Gasteiger partial charge is 0.510 e. The van der Waals surface area contributed by atoms with E-state index in [1.54, 1.807) is 43.5 Å². The maximum absolute atomic E-state index is 14.3. The highest BCUT2D eigenvalue weighted by Gasteiger charge is 2.63. The average molecular weight is 560 g/mol. The van der Waals surface area contributed by atoms with E-state index in [2.05, 4.69) is 9.97 Å². The third kappa shape index (κ3) is 3.57. The molecule has 2 aromatic heterocycles. The highest BCUT2D eigenvalue weighted by molar-refractivity contribution is 6.25. The molecule has 5 N–H and O–H groups in total. The number of rotatable bonds is 4. The summed E-state index contributed by atoms with van der Waals surface area (Å²) in [6.07, 6.45) is 3.54. The van der Waals surface area contributed by atoms with Gasteiger partial charge in [0.2, 0.25) is 11.7 Å². The van der Waals surface area contributed by atoms with Gasteiger partial charge in [0, 0.05) is 49.2 Å². The molecule has 2 heterocycles. The number of primary amides is 1. The number of hydrogen-bond acceptors (Lipinski definition) is 11. The quantitative estimate of drug-likeness (QED) is 0.341. The number of anilines is 1. The van der Waals surface area contributed by atoms with E-state index in [4.69, 9.17) is 10.2 Å². The Morgan fingerprint density at radius 1 is 1.15 bits per heavy atom. The molecule has 4 atom stereocenters. The van der Waals surface area contributed by atoms with E-state index in [0.717, 1.165) is 5.69 Å². The highest BCUT2D eigenvalue weighted by atomic mass is 16.4. The zero-order valence-electron chi connectivity index (χ0n) is 22.9. The van der Waals surface area contributed by atoms with Gasteiger partial charge < -0.3 is 30.4 Å². The minimum absolute atomic E-state index is 0.0648. The first kappa shape index (κ1) is 26.7. The Labute approximate surface area is 234 Å². The van der Waals surface area contributed by atoms with E-state index < -0.39 is 58.0 Å². The number of amides is 1. The van der Waals surface area contributed by atoms with Crippen molar-refractivity contribution in [3.05, 3.63) is 64.4 Å². The van der Waals surface area contributed by atoms with Gasteiger partial charge in [-0.15, -0.1) is 0 Å². The molecule has 6 rings (SSSR count). The number of aromatic nitrogens is 2. The van der Waals surface area contributed by atoms with Gasteiger partial charge in [-0.2, -0.15) is 0 Å². The Hall–Kier alpha value is -4.55. The fourth-order valence-corrected chi connectivity index (χ4v) is 6.70. The Morgan fingerprint density at radius 2 is 1.83 bits per heavy atom. The van der Waals surface area contributed by atoms with Crippen molar-refractivity contribution in [3.63, 3.8) is 0 Å². The minimum Gasteiger partial charge on any atom is -0.510 e. The molecule has 0 spiro atoms. The molecule has 0 aliphatic heterocycles. The summed E-state index contributed by atoms with van der Waals surface area (Å²) in [5.41, 5.74) is 4.72. The van der Waals surface area contributed by atoms with Crippen molar-refractivity contribution < 1.29 is 34.1 Å². The Morgan fingerprint density at radius 3 is 2.44 bits per heavy atom. The van der Waals surface area contributed by atoms with Crippen LogP contribution < -0.4 is 10.6 Å². The summed E-state index contributed by atoms with van der Waals surface area (Å²) >= 11 is 0. The van der Waals surface area contributed by atoms with Gasteiger partial charge in [-0.05, 0) is 56.6 Å². The van der Waals surface area contributed by atoms with E-state index in [1.165, 1.54) is 0 Å². The number of likely N-dealkylation sites (N-methyl/N-ethyl adjacent to an activating group) is 1. The van der Waals surface area contributed by atoms with Crippen LogP contribution in [-0.2, 0) is 16.0 Å². The zero-order chi connectivity index (χ0) is 29.5. The van der Waals surface area contributed by atoms with Gasteiger partial charge in [0.25, 0.3) is 5.91 Å². The predicted molar refractivity (Wildman–Crippen MR) is 147 cm³/mol. The Balaban J connectivity index is 1.59. The molecule has 0 unspecified atom stereocenters. The second-order valence-electron chi connectivity index (χ2n) is 11.2. The summed E-state index contributed by atoms with van der Waals surface area (Å²) in [6, 6.07) is 4.27. The van der Waals surface area contributed by atoms with Crippen LogP contribution in [0.25, 0.3) is 22.6 Å². The second kappa shape index (κ2) is 8.98. The van der Waals surface area contributed by atoms with Crippen molar-refractivity contribution in [2.24, 2.45) is 17.6 Å². The van der Waals surface area contributed by atoms with Crippen LogP contribution in [0.1, 0.15) is 22.3 Å². The number of aliphatic hydroxyl groups is 3. The van der Waals surface area contributed by atoms with Crippen LogP contribution in [0.15, 0.2) is 57.7 Å². The maximum Gasteiger partial charge on any atom is 0.255 e. The molecule has 41 heavy (non-hydrogen) atoms. The molecule has 3 aliphatic rings. The number of aliphatic hydroxyl groups excluding tert-OH is 2. The molecule has 212 valence electrons. The van der Waals surface area contributed by atoms with E-state index in [0.29, 0.717) is 16.6 Å². The smallest absolute Gasteiger partial charge is 0.255 e. The van der Waals surface area contributed by atoms with E-state index in [9.17, 15) is 29.7 Å². The van der Waals surface area contributed by atoms with Crippen LogP contribution in [0, 0.1) is 11.8 Å². The first-order valence-corrected chi connectivity index (χ1v) is 13.1. The first-order valence-electron chi connectivity index (χ1n) is 13.1. The van der Waals surface area contributed by atoms with Gasteiger partial charge in [0.1, 0.15) is 22.6 Å². The Bertz CT molecular complexity index is 1720. The van der Waals surface area contributed by atoms with Crippen molar-refractivity contribution in [2.75, 3.05) is 33.1 Å². The average Bonchev–Trinajstić information content (AvgIpc) is 3.34. The number of benzene rings is 1. The molecule has 12 heteroatoms. The third-order valence-corrected chi connectivity index (χ3v) is 8.49. The molecular weight excluding hydrogens is 530 g/mol. The summed E-state index contributed by atoms with van der Waals surface area (Å²) in [5.74, 6) is -5.88. The maximum atomic E-state index is 14.3. The monoisotopic (exact) mass is 559 g/mol. The lowest BCUT2D eigenvalue weighted by Gasteiger charge is -2.50. The zero-order valence-corrected chi connectivity index (χ0v) is 22.9. The van der Waals surface area contributed by atoms with Crippen LogP contribution in [0.2, 0.25) is 0 Å². The lowest BCUT2D eigenvalue weighted by atomic mass is 9.58. The molecule has 1 amide bonds. The topological polar surface area (TPSA) is 183 Å². The molecule has 12 nitrogen and oxygen atoms in total. The van der Waals surface area contributed by atoms with Crippen LogP contribution in [-0.4, -0.2) is 87.5 Å². The van der Waals surface area contributed by atoms with Gasteiger partial charge in [-0.1, -0.05) is 0 Å². The van der Waals surface area contributed by atoms with Gasteiger partial charge in [-0.25, -0.2) is 4.98 Å². The van der Waals surface area contributed by atoms with Crippen molar-refractivity contribution in [3.8, 4) is 11.5 Å². The number of allylic oxidation sites excluding steroid dienone is 1. The number of carbonyl (C=O) groups excluding carboxylic acids is 3. The number of Topliss-reactive ketones (excluding diaryl/α,β-unsaturated/α-hetero) is 2. The summed E-state index contributed by atoms with van der Waals surface area (Å²) < 4.78 is 6.12. The van der Waals surface area contributed by atoms with E-state index >= 15 is 0 Å². The number of ketones is 2. The Kier molecular flexibility index (Phi) is 5.84. The molecule has 3 aliphatic carbocycles. The normalized spacial score (nSPS) is 25.9. The van der Waals surface area contributed by atoms with Gasteiger partial charge >= 0.3 is 0 Å². The summed E-state index contributed by atoms with van der Waals surface area (Å²) in [6.45, 7) is 0. The standard InChI is InChI=1S/C29H29N5O7/c1-33(2)17-11-16-24(41-28(32-16)12-5-7-31-8-6-12)19-14(17)9-13-10-15-21(34(3)4)23(36)20(27(30)39)26(38)29(15,40)25(37)18(13)22(19)35/h5-8,11,13,15,21,36-37,40H,9-10H2,1-4H3,(H2,30,39)/t13-,15-,21-,29-/m0/s1. The van der Waals surface area contributed by atoms with Crippen LogP contribution in [0.5, 0.6) is 0 Å². The molecule has 3 aromatic rings. The molecule has 0 fully saturated rings. The van der Waals surface area contributed by atoms with Crippen LogP contribution >= 0.6 is 0 Å². The lowest BCUT2D eigenvalue weighted by Crippen LogP contribution is -2.63. The number of hydrogen-bond donors (Lipinski definition) is 4. The van der Waals surface area contributed by atoms with Crippen molar-refractivity contribution >= 4 is 34.3 Å². The van der Waals surface area contributed by atoms with Crippen molar-refractivity contribution in [1.29, 1.82) is 0 Å².